The van der Waals surface area contributed by atoms with Crippen molar-refractivity contribution in [3.63, 3.8) is 0 Å². The Kier molecular flexibility index (Phi) is 4.04. The van der Waals surface area contributed by atoms with E-state index in [0.717, 1.165) is 12.1 Å². The first-order valence-electron chi connectivity index (χ1n) is 5.05. The van der Waals surface area contributed by atoms with Gasteiger partial charge in [-0.1, -0.05) is 11.6 Å². The molecule has 0 radical (unpaired) electrons. The highest BCUT2D eigenvalue weighted by atomic mass is 35.5. The zero-order chi connectivity index (χ0) is 13.1. The summed E-state index contributed by atoms with van der Waals surface area (Å²) in [7, 11) is 0. The van der Waals surface area contributed by atoms with Gasteiger partial charge >= 0.3 is 0 Å². The third-order valence-electron chi connectivity index (χ3n) is 2.21. The number of nitrogens with two attached hydrogens (primary N) is 1. The minimum Gasteiger partial charge on any atom is -0.384 e. The van der Waals surface area contributed by atoms with Crippen LogP contribution in [0.3, 0.4) is 0 Å². The van der Waals surface area contributed by atoms with Gasteiger partial charge in [0.15, 0.2) is 11.6 Å². The van der Waals surface area contributed by atoms with Crippen molar-refractivity contribution in [2.75, 3.05) is 5.73 Å². The highest BCUT2D eigenvalue weighted by Crippen LogP contribution is 2.27. The van der Waals surface area contributed by atoms with Crippen LogP contribution in [0, 0.1) is 11.6 Å². The van der Waals surface area contributed by atoms with Crippen LogP contribution in [0.25, 0.3) is 0 Å². The summed E-state index contributed by atoms with van der Waals surface area (Å²) in [6.07, 6.45) is 0. The summed E-state index contributed by atoms with van der Waals surface area (Å²) in [5, 5.41) is 0.499. The summed E-state index contributed by atoms with van der Waals surface area (Å²) in [6.45, 7) is 0. The lowest BCUT2D eigenvalue weighted by Crippen LogP contribution is -1.95. The van der Waals surface area contributed by atoms with Crippen LogP contribution in [0.5, 0.6) is 0 Å². The average molecular weight is 287 g/mol. The molecule has 0 aliphatic carbocycles. The van der Waals surface area contributed by atoms with Crippen LogP contribution >= 0.6 is 23.4 Å². The van der Waals surface area contributed by atoms with Gasteiger partial charge in [0.25, 0.3) is 0 Å². The van der Waals surface area contributed by atoms with Crippen LogP contribution in [0.15, 0.2) is 35.2 Å². The number of nitrogen functional groups attached to an aromatic ring is 1. The van der Waals surface area contributed by atoms with Gasteiger partial charge in [-0.25, -0.2) is 13.8 Å². The topological polar surface area (TPSA) is 38.9 Å². The van der Waals surface area contributed by atoms with Crippen LogP contribution in [-0.4, -0.2) is 4.98 Å². The Morgan fingerprint density at radius 1 is 1.17 bits per heavy atom. The molecular weight excluding hydrogens is 278 g/mol. The van der Waals surface area contributed by atoms with Crippen LogP contribution in [-0.2, 0) is 5.75 Å². The Labute approximate surface area is 112 Å². The fraction of sp³-hybridized carbons (Fsp3) is 0.0833. The number of hydrogen-bond acceptors (Lipinski definition) is 3. The van der Waals surface area contributed by atoms with E-state index in [2.05, 4.69) is 4.98 Å². The molecule has 6 heteroatoms. The van der Waals surface area contributed by atoms with Gasteiger partial charge in [-0.2, -0.15) is 0 Å². The van der Waals surface area contributed by atoms with Gasteiger partial charge in [-0.05, 0) is 30.3 Å². The molecule has 0 aliphatic rings. The van der Waals surface area contributed by atoms with Gasteiger partial charge in [-0.15, -0.1) is 11.8 Å². The summed E-state index contributed by atoms with van der Waals surface area (Å²) >= 11 is 7.26. The summed E-state index contributed by atoms with van der Waals surface area (Å²) in [6, 6.07) is 6.99. The van der Waals surface area contributed by atoms with E-state index in [9.17, 15) is 8.78 Å². The fourth-order valence-electron chi connectivity index (χ4n) is 1.32. The van der Waals surface area contributed by atoms with E-state index in [0.29, 0.717) is 27.2 Å². The Balaban J connectivity index is 2.11. The van der Waals surface area contributed by atoms with Gasteiger partial charge in [0.05, 0.1) is 10.7 Å². The third kappa shape index (κ3) is 3.11. The van der Waals surface area contributed by atoms with Crippen molar-refractivity contribution in [3.8, 4) is 0 Å². The van der Waals surface area contributed by atoms with Gasteiger partial charge in [0.2, 0.25) is 0 Å². The van der Waals surface area contributed by atoms with Crippen molar-refractivity contribution in [1.82, 2.24) is 4.98 Å². The Morgan fingerprint density at radius 2 is 1.94 bits per heavy atom. The molecule has 18 heavy (non-hydrogen) atoms. The first kappa shape index (κ1) is 13.1. The van der Waals surface area contributed by atoms with Crippen molar-refractivity contribution in [3.05, 3.63) is 52.7 Å². The molecule has 0 saturated heterocycles. The molecule has 2 nitrogen and oxygen atoms in total. The number of rotatable bonds is 3. The number of halogens is 3. The molecule has 0 spiro atoms. The van der Waals surface area contributed by atoms with Crippen LogP contribution in [0.1, 0.15) is 5.69 Å². The Hall–Kier alpha value is -1.33. The lowest BCUT2D eigenvalue weighted by Gasteiger charge is -2.05. The molecule has 0 atom stereocenters. The highest BCUT2D eigenvalue weighted by Gasteiger charge is 2.06. The number of aromatic nitrogens is 1. The van der Waals surface area contributed by atoms with Crippen molar-refractivity contribution >= 4 is 29.2 Å². The quantitative estimate of drug-likeness (QED) is 0.870. The molecule has 0 fully saturated rings. The molecular formula is C12H9ClF2N2S. The predicted octanol–water partition coefficient (Wildman–Crippen LogP) is 3.89. The van der Waals surface area contributed by atoms with Gasteiger partial charge in [0.1, 0.15) is 5.82 Å². The molecule has 2 rings (SSSR count). The number of anilines is 1. The smallest absolute Gasteiger partial charge is 0.159 e. The minimum absolute atomic E-state index is 0.375. The molecule has 0 unspecified atom stereocenters. The summed E-state index contributed by atoms with van der Waals surface area (Å²) < 4.78 is 25.7. The number of thioether (sulfide) groups is 1. The van der Waals surface area contributed by atoms with Crippen LogP contribution in [0.2, 0.25) is 5.02 Å². The molecule has 2 N–H and O–H groups in total. The second-order valence-corrected chi connectivity index (χ2v) is 4.99. The summed E-state index contributed by atoms with van der Waals surface area (Å²) in [5.74, 6) is -0.916. The van der Waals surface area contributed by atoms with E-state index in [4.69, 9.17) is 17.3 Å². The van der Waals surface area contributed by atoms with Crippen molar-refractivity contribution in [1.29, 1.82) is 0 Å². The van der Waals surface area contributed by atoms with Crippen molar-refractivity contribution in [2.24, 2.45) is 0 Å². The lowest BCUT2D eigenvalue weighted by molar-refractivity contribution is 0.506. The molecule has 0 saturated carbocycles. The molecule has 1 aromatic heterocycles. The first-order chi connectivity index (χ1) is 8.56. The third-order valence-corrected chi connectivity index (χ3v) is 3.56. The maximum Gasteiger partial charge on any atom is 0.159 e. The number of benzene rings is 1. The molecule has 2 aromatic rings. The number of hydrogen-bond donors (Lipinski definition) is 1. The zero-order valence-electron chi connectivity index (χ0n) is 9.16. The molecule has 1 aromatic carbocycles. The van der Waals surface area contributed by atoms with Crippen molar-refractivity contribution in [2.45, 2.75) is 10.6 Å². The van der Waals surface area contributed by atoms with E-state index in [1.807, 2.05) is 0 Å². The minimum atomic E-state index is -0.869. The molecule has 0 aliphatic heterocycles. The highest BCUT2D eigenvalue weighted by molar-refractivity contribution is 7.98. The van der Waals surface area contributed by atoms with E-state index in [1.54, 1.807) is 12.1 Å². The summed E-state index contributed by atoms with van der Waals surface area (Å²) in [4.78, 5) is 4.69. The standard InChI is InChI=1S/C12H9ClF2N2S/c13-8-2-4-12(16)17-11(8)6-18-7-1-3-9(14)10(15)5-7/h1-5H,6H2,(H2,16,17). The second kappa shape index (κ2) is 5.54. The summed E-state index contributed by atoms with van der Waals surface area (Å²) in [5.41, 5.74) is 6.17. The van der Waals surface area contributed by atoms with E-state index in [1.165, 1.54) is 17.8 Å². The van der Waals surface area contributed by atoms with Crippen LogP contribution in [0.4, 0.5) is 14.6 Å². The molecule has 0 amide bonds. The second-order valence-electron chi connectivity index (χ2n) is 3.53. The molecule has 1 heterocycles. The predicted molar refractivity (Wildman–Crippen MR) is 69.6 cm³/mol. The Bertz CT molecular complexity index is 578. The van der Waals surface area contributed by atoms with Gasteiger partial charge < -0.3 is 5.73 Å². The maximum absolute atomic E-state index is 13.0. The normalized spacial score (nSPS) is 10.6. The van der Waals surface area contributed by atoms with Gasteiger partial charge in [0, 0.05) is 10.6 Å². The lowest BCUT2D eigenvalue weighted by atomic mass is 10.3. The Morgan fingerprint density at radius 3 is 2.67 bits per heavy atom. The molecule has 0 bridgehead atoms. The van der Waals surface area contributed by atoms with Gasteiger partial charge in [-0.3, -0.25) is 0 Å². The van der Waals surface area contributed by atoms with Crippen molar-refractivity contribution < 1.29 is 8.78 Å². The number of nitrogens with zero attached hydrogens (tertiary/aromatic N) is 1. The number of pyridine rings is 1. The molecule has 94 valence electrons. The first-order valence-corrected chi connectivity index (χ1v) is 6.41. The van der Waals surface area contributed by atoms with E-state index >= 15 is 0 Å². The fourth-order valence-corrected chi connectivity index (χ4v) is 2.45. The average Bonchev–Trinajstić information content (AvgIpc) is 2.34. The largest absolute Gasteiger partial charge is 0.384 e. The SMILES string of the molecule is Nc1ccc(Cl)c(CSc2ccc(F)c(F)c2)n1. The van der Waals surface area contributed by atoms with E-state index < -0.39 is 11.6 Å². The monoisotopic (exact) mass is 286 g/mol. The van der Waals surface area contributed by atoms with Crippen LogP contribution < -0.4 is 5.73 Å². The van der Waals surface area contributed by atoms with E-state index in [-0.39, 0.29) is 0 Å². The zero-order valence-corrected chi connectivity index (χ0v) is 10.7. The maximum atomic E-state index is 13.0.